The van der Waals surface area contributed by atoms with Crippen LogP contribution in [0.2, 0.25) is 0 Å². The second-order valence-corrected chi connectivity index (χ2v) is 12.7. The number of ether oxygens (including phenoxy) is 2. The van der Waals surface area contributed by atoms with E-state index in [9.17, 15) is 14.4 Å². The number of benzene rings is 1. The summed E-state index contributed by atoms with van der Waals surface area (Å²) < 4.78 is 12.2. The molecule has 1 N–H and O–H groups in total. The van der Waals surface area contributed by atoms with E-state index in [1.165, 1.54) is 26.4 Å². The maximum absolute atomic E-state index is 14.1. The van der Waals surface area contributed by atoms with Gasteiger partial charge < -0.3 is 14.8 Å². The zero-order valence-electron chi connectivity index (χ0n) is 23.2. The third-order valence-electron chi connectivity index (χ3n) is 8.91. The molecule has 4 saturated carbocycles. The standard InChI is InChI=1S/C31H35N3O5S/c1-4-10-39-29(36)24-18(2)25(30(37)38-3)40-28(24)32-27(35)23-17-34(22-8-6-5-7-9-22)33-26(23)31-14-19-11-20(15-31)13-21(12-19)16-31/h5-9,17,19-21H,4,10-16H2,1-3H3,(H,32,35). The molecule has 0 saturated heterocycles. The van der Waals surface area contributed by atoms with Crippen LogP contribution >= 0.6 is 11.3 Å². The van der Waals surface area contributed by atoms with Crippen molar-refractivity contribution in [2.75, 3.05) is 19.0 Å². The molecule has 0 aliphatic heterocycles. The van der Waals surface area contributed by atoms with Gasteiger partial charge in [0.2, 0.25) is 0 Å². The number of hydrogen-bond donors (Lipinski definition) is 1. The van der Waals surface area contributed by atoms with Gasteiger partial charge in [-0.2, -0.15) is 5.10 Å². The van der Waals surface area contributed by atoms with Crippen molar-refractivity contribution in [2.24, 2.45) is 17.8 Å². The number of amides is 1. The monoisotopic (exact) mass is 561 g/mol. The van der Waals surface area contributed by atoms with Gasteiger partial charge >= 0.3 is 11.9 Å². The molecule has 4 aliphatic rings. The molecule has 1 amide bonds. The van der Waals surface area contributed by atoms with Crippen molar-refractivity contribution in [3.05, 3.63) is 63.8 Å². The third-order valence-corrected chi connectivity index (χ3v) is 10.1. The quantitative estimate of drug-likeness (QED) is 0.323. The molecule has 1 aromatic carbocycles. The molecule has 0 unspecified atom stereocenters. The number of carbonyl (C=O) groups is 3. The lowest BCUT2D eigenvalue weighted by Crippen LogP contribution is -2.49. The molecule has 0 spiro atoms. The van der Waals surface area contributed by atoms with E-state index >= 15 is 0 Å². The summed E-state index contributed by atoms with van der Waals surface area (Å²) in [4.78, 5) is 39.9. The Balaban J connectivity index is 1.41. The summed E-state index contributed by atoms with van der Waals surface area (Å²) >= 11 is 1.04. The molecule has 0 atom stereocenters. The Kier molecular flexibility index (Phi) is 7.02. The number of carbonyl (C=O) groups excluding carboxylic acids is 3. The summed E-state index contributed by atoms with van der Waals surface area (Å²) in [7, 11) is 1.30. The third kappa shape index (κ3) is 4.64. The number of rotatable bonds is 8. The zero-order valence-corrected chi connectivity index (χ0v) is 24.0. The smallest absolute Gasteiger partial charge is 0.348 e. The Hall–Kier alpha value is -3.46. The van der Waals surface area contributed by atoms with E-state index in [-0.39, 0.29) is 33.4 Å². The molecule has 40 heavy (non-hydrogen) atoms. The summed E-state index contributed by atoms with van der Waals surface area (Å²) in [6.07, 6.45) is 9.51. The SMILES string of the molecule is CCCOC(=O)c1c(NC(=O)c2cn(-c3ccccc3)nc2C23CC4CC(CC(C4)C2)C3)sc(C(=O)OC)c1C. The first kappa shape index (κ1) is 26.7. The number of esters is 2. The molecule has 9 heteroatoms. The summed E-state index contributed by atoms with van der Waals surface area (Å²) in [5.41, 5.74) is 2.77. The van der Waals surface area contributed by atoms with E-state index in [0.29, 0.717) is 35.3 Å². The average molecular weight is 562 g/mol. The highest BCUT2D eigenvalue weighted by Crippen LogP contribution is 2.61. The Bertz CT molecular complexity index is 1420. The maximum Gasteiger partial charge on any atom is 0.348 e. The van der Waals surface area contributed by atoms with Crippen LogP contribution in [0.3, 0.4) is 0 Å². The molecule has 210 valence electrons. The van der Waals surface area contributed by atoms with Crippen LogP contribution in [-0.4, -0.2) is 41.3 Å². The van der Waals surface area contributed by atoms with Crippen LogP contribution < -0.4 is 5.32 Å². The van der Waals surface area contributed by atoms with Gasteiger partial charge in [0.05, 0.1) is 36.2 Å². The number of anilines is 1. The topological polar surface area (TPSA) is 99.5 Å². The molecule has 3 aromatic rings. The molecule has 8 nitrogen and oxygen atoms in total. The lowest BCUT2D eigenvalue weighted by Gasteiger charge is -2.56. The average Bonchev–Trinajstić information content (AvgIpc) is 3.53. The van der Waals surface area contributed by atoms with Crippen LogP contribution in [0.1, 0.15) is 93.5 Å². The lowest BCUT2D eigenvalue weighted by atomic mass is 9.48. The van der Waals surface area contributed by atoms with Crippen molar-refractivity contribution >= 4 is 34.2 Å². The number of nitrogens with zero attached hydrogens (tertiary/aromatic N) is 2. The zero-order chi connectivity index (χ0) is 28.0. The van der Waals surface area contributed by atoms with E-state index in [1.54, 1.807) is 11.6 Å². The van der Waals surface area contributed by atoms with Gasteiger partial charge in [-0.15, -0.1) is 11.3 Å². The molecule has 4 bridgehead atoms. The van der Waals surface area contributed by atoms with Crippen LogP contribution in [0.15, 0.2) is 36.5 Å². The van der Waals surface area contributed by atoms with Gasteiger partial charge in [-0.05, 0) is 87.3 Å². The van der Waals surface area contributed by atoms with Crippen molar-refractivity contribution < 1.29 is 23.9 Å². The second-order valence-electron chi connectivity index (χ2n) is 11.7. The molecule has 4 fully saturated rings. The minimum Gasteiger partial charge on any atom is -0.465 e. The van der Waals surface area contributed by atoms with E-state index in [0.717, 1.165) is 42.0 Å². The van der Waals surface area contributed by atoms with Crippen LogP contribution in [0.4, 0.5) is 5.00 Å². The van der Waals surface area contributed by atoms with E-state index in [1.807, 2.05) is 43.5 Å². The first-order valence-corrected chi connectivity index (χ1v) is 15.0. The summed E-state index contributed by atoms with van der Waals surface area (Å²) in [5, 5.41) is 8.35. The summed E-state index contributed by atoms with van der Waals surface area (Å²) in [6, 6.07) is 9.82. The Morgan fingerprint density at radius 2 is 1.70 bits per heavy atom. The Morgan fingerprint density at radius 1 is 1.05 bits per heavy atom. The number of methoxy groups -OCH3 is 1. The lowest BCUT2D eigenvalue weighted by molar-refractivity contribution is -0.00765. The minimum absolute atomic E-state index is 0.118. The Morgan fingerprint density at radius 3 is 2.30 bits per heavy atom. The van der Waals surface area contributed by atoms with Crippen molar-refractivity contribution in [3.63, 3.8) is 0 Å². The molecule has 2 heterocycles. The van der Waals surface area contributed by atoms with E-state index < -0.39 is 11.9 Å². The minimum atomic E-state index is -0.567. The molecule has 7 rings (SSSR count). The van der Waals surface area contributed by atoms with Gasteiger partial charge in [-0.3, -0.25) is 4.79 Å². The van der Waals surface area contributed by atoms with E-state index in [2.05, 4.69) is 5.32 Å². The second kappa shape index (κ2) is 10.5. The highest BCUT2D eigenvalue weighted by molar-refractivity contribution is 7.18. The van der Waals surface area contributed by atoms with Crippen molar-refractivity contribution in [1.82, 2.24) is 9.78 Å². The first-order valence-electron chi connectivity index (χ1n) is 14.2. The number of aromatic nitrogens is 2. The van der Waals surface area contributed by atoms with Crippen molar-refractivity contribution in [1.29, 1.82) is 0 Å². The van der Waals surface area contributed by atoms with Crippen LogP contribution in [0.25, 0.3) is 5.69 Å². The van der Waals surface area contributed by atoms with Gasteiger partial charge in [-0.25, -0.2) is 14.3 Å². The highest BCUT2D eigenvalue weighted by Gasteiger charge is 2.54. The summed E-state index contributed by atoms with van der Waals surface area (Å²) in [6.45, 7) is 3.83. The number of hydrogen-bond acceptors (Lipinski definition) is 7. The largest absolute Gasteiger partial charge is 0.465 e. The normalized spacial score (nSPS) is 24.6. The van der Waals surface area contributed by atoms with E-state index in [4.69, 9.17) is 14.6 Å². The van der Waals surface area contributed by atoms with Gasteiger partial charge in [0.15, 0.2) is 0 Å². The van der Waals surface area contributed by atoms with Gasteiger partial charge in [0.1, 0.15) is 9.88 Å². The summed E-state index contributed by atoms with van der Waals surface area (Å²) in [5.74, 6) is 0.598. The molecular weight excluding hydrogens is 526 g/mol. The Labute approximate surface area is 238 Å². The highest BCUT2D eigenvalue weighted by atomic mass is 32.1. The maximum atomic E-state index is 14.1. The predicted octanol–water partition coefficient (Wildman–Crippen LogP) is 6.32. The first-order chi connectivity index (χ1) is 19.3. The number of nitrogens with one attached hydrogen (secondary N) is 1. The van der Waals surface area contributed by atoms with Crippen molar-refractivity contribution in [2.45, 2.75) is 64.2 Å². The molecule has 2 aromatic heterocycles. The fourth-order valence-corrected chi connectivity index (χ4v) is 8.73. The van der Waals surface area contributed by atoms with Gasteiger partial charge in [0, 0.05) is 11.6 Å². The number of thiophene rings is 1. The van der Waals surface area contributed by atoms with Gasteiger partial charge in [0.25, 0.3) is 5.91 Å². The fourth-order valence-electron chi connectivity index (χ4n) is 7.62. The predicted molar refractivity (Wildman–Crippen MR) is 152 cm³/mol. The molecule has 0 radical (unpaired) electrons. The van der Waals surface area contributed by atoms with Crippen molar-refractivity contribution in [3.8, 4) is 5.69 Å². The van der Waals surface area contributed by atoms with Gasteiger partial charge in [-0.1, -0.05) is 25.1 Å². The molecular formula is C31H35N3O5S. The van der Waals surface area contributed by atoms with Crippen LogP contribution in [0.5, 0.6) is 0 Å². The number of para-hydroxylation sites is 1. The fraction of sp³-hybridized carbons (Fsp3) is 0.484. The van der Waals surface area contributed by atoms with Crippen LogP contribution in [0, 0.1) is 24.7 Å². The van der Waals surface area contributed by atoms with Crippen LogP contribution in [-0.2, 0) is 14.9 Å². The molecule has 4 aliphatic carbocycles.